The molecule has 3 aliphatic heterocycles. The molecule has 1 spiro atoms. The number of nitrogens with zero attached hydrogens (tertiary/aromatic N) is 2. The zero-order chi connectivity index (χ0) is 32.5. The van der Waals surface area contributed by atoms with Crippen molar-refractivity contribution in [2.45, 2.75) is 84.4 Å². The molecule has 12 heteroatoms. The van der Waals surface area contributed by atoms with Gasteiger partial charge in [-0.15, -0.1) is 0 Å². The first kappa shape index (κ1) is 32.5. The fourth-order valence-corrected chi connectivity index (χ4v) is 5.56. The number of rotatable bonds is 1. The lowest BCUT2D eigenvalue weighted by molar-refractivity contribution is -0.277. The number of benzene rings is 1. The van der Waals surface area contributed by atoms with Gasteiger partial charge in [0.2, 0.25) is 5.91 Å². The molecule has 1 aromatic heterocycles. The summed E-state index contributed by atoms with van der Waals surface area (Å²) in [6, 6.07) is 7.60. The smallest absolute Gasteiger partial charge is 0.321 e. The molecule has 5 rings (SSSR count). The molecule has 3 amide bonds. The minimum absolute atomic E-state index is 0.0222. The van der Waals surface area contributed by atoms with Gasteiger partial charge >= 0.3 is 5.97 Å². The number of hydrogen-bond donors (Lipinski definition) is 3. The molecule has 5 bridgehead atoms. The maximum Gasteiger partial charge on any atom is 0.321 e. The summed E-state index contributed by atoms with van der Waals surface area (Å²) in [6.07, 6.45) is 3.45. The van der Waals surface area contributed by atoms with Gasteiger partial charge in [0, 0.05) is 11.9 Å². The van der Waals surface area contributed by atoms with Gasteiger partial charge in [-0.2, -0.15) is 0 Å². The van der Waals surface area contributed by atoms with Crippen LogP contribution in [0.1, 0.15) is 71.7 Å². The van der Waals surface area contributed by atoms with Crippen LogP contribution in [0.15, 0.2) is 36.4 Å². The van der Waals surface area contributed by atoms with E-state index in [0.29, 0.717) is 30.6 Å². The van der Waals surface area contributed by atoms with E-state index in [9.17, 15) is 19.2 Å². The van der Waals surface area contributed by atoms with Crippen molar-refractivity contribution < 1.29 is 33.4 Å². The molecule has 2 saturated heterocycles. The van der Waals surface area contributed by atoms with Crippen LogP contribution < -0.4 is 16.1 Å². The minimum atomic E-state index is -1.33. The Labute approximate surface area is 263 Å². The Kier molecular flexibility index (Phi) is 9.29. The maximum atomic E-state index is 13.9. The Morgan fingerprint density at radius 3 is 2.36 bits per heavy atom. The number of nitrogens with one attached hydrogen (secondary N) is 3. The summed E-state index contributed by atoms with van der Waals surface area (Å²) < 4.78 is 17.7. The molecule has 242 valence electrons. The summed E-state index contributed by atoms with van der Waals surface area (Å²) in [5.74, 6) is -3.23. The highest BCUT2D eigenvalue weighted by molar-refractivity contribution is 5.92. The molecular formula is C33H43N5O7. The van der Waals surface area contributed by atoms with Gasteiger partial charge in [-0.3, -0.25) is 29.2 Å². The summed E-state index contributed by atoms with van der Waals surface area (Å²) in [7, 11) is 0. The Bertz CT molecular complexity index is 1500. The molecule has 3 N–H and O–H groups in total. The number of hydrazine groups is 1. The lowest BCUT2D eigenvalue weighted by Gasteiger charge is -2.41. The topological polar surface area (TPSA) is 148 Å². The van der Waals surface area contributed by atoms with E-state index in [1.165, 1.54) is 5.01 Å². The van der Waals surface area contributed by atoms with Crippen molar-refractivity contribution in [2.75, 3.05) is 19.8 Å². The number of carbonyl (C=O) groups excluding carboxylic acids is 4. The molecule has 0 radical (unpaired) electrons. The molecule has 0 aliphatic carbocycles. The number of cyclic esters (lactones) is 1. The predicted molar refractivity (Wildman–Crippen MR) is 166 cm³/mol. The molecule has 2 aromatic rings. The number of carbonyl (C=O) groups is 4. The molecular weight excluding hydrogens is 578 g/mol. The zero-order valence-electron chi connectivity index (χ0n) is 26.7. The van der Waals surface area contributed by atoms with Gasteiger partial charge in [0.1, 0.15) is 17.5 Å². The summed E-state index contributed by atoms with van der Waals surface area (Å²) in [6.45, 7) is 10.8. The first-order valence-corrected chi connectivity index (χ1v) is 15.5. The fraction of sp³-hybridized carbons (Fsp3) is 0.545. The summed E-state index contributed by atoms with van der Waals surface area (Å²) in [5, 5.41) is 8.01. The average molecular weight is 622 g/mol. The van der Waals surface area contributed by atoms with E-state index >= 15 is 0 Å². The van der Waals surface area contributed by atoms with Crippen LogP contribution in [0.25, 0.3) is 17.0 Å². The third-order valence-corrected chi connectivity index (χ3v) is 8.49. The number of pyridine rings is 1. The molecule has 4 heterocycles. The second kappa shape index (κ2) is 12.9. The maximum absolute atomic E-state index is 13.9. The van der Waals surface area contributed by atoms with Crippen molar-refractivity contribution in [3.63, 3.8) is 0 Å². The molecule has 45 heavy (non-hydrogen) atoms. The van der Waals surface area contributed by atoms with Gasteiger partial charge in [0.25, 0.3) is 11.8 Å². The van der Waals surface area contributed by atoms with Crippen molar-refractivity contribution in [1.82, 2.24) is 26.1 Å². The van der Waals surface area contributed by atoms with E-state index in [2.05, 4.69) is 16.1 Å². The number of esters is 1. The molecule has 1 aromatic carbocycles. The van der Waals surface area contributed by atoms with E-state index in [4.69, 9.17) is 19.2 Å². The van der Waals surface area contributed by atoms with E-state index in [0.717, 1.165) is 10.9 Å². The normalized spacial score (nSPS) is 27.8. The van der Waals surface area contributed by atoms with Crippen LogP contribution in [0, 0.1) is 11.3 Å². The number of hydrogen-bond acceptors (Lipinski definition) is 9. The second-order valence-electron chi connectivity index (χ2n) is 13.0. The molecule has 2 fully saturated rings. The van der Waals surface area contributed by atoms with Crippen LogP contribution in [0.5, 0.6) is 0 Å². The number of fused-ring (bicyclic) bond motifs is 4. The van der Waals surface area contributed by atoms with Crippen molar-refractivity contribution in [1.29, 1.82) is 0 Å². The quantitative estimate of drug-likeness (QED) is 0.409. The second-order valence-corrected chi connectivity index (χ2v) is 13.0. The highest BCUT2D eigenvalue weighted by Gasteiger charge is 2.47. The van der Waals surface area contributed by atoms with Crippen molar-refractivity contribution in [3.8, 4) is 0 Å². The largest absolute Gasteiger partial charge is 0.451 e. The molecule has 3 aliphatic rings. The third-order valence-electron chi connectivity index (χ3n) is 8.49. The third kappa shape index (κ3) is 7.18. The first-order chi connectivity index (χ1) is 21.3. The molecule has 4 unspecified atom stereocenters. The Morgan fingerprint density at radius 1 is 0.956 bits per heavy atom. The van der Waals surface area contributed by atoms with E-state index < -0.39 is 59.1 Å². The number of amides is 3. The van der Waals surface area contributed by atoms with Crippen LogP contribution in [-0.2, 0) is 33.4 Å². The average Bonchev–Trinajstić information content (AvgIpc) is 3.01. The van der Waals surface area contributed by atoms with Gasteiger partial charge in [-0.1, -0.05) is 44.2 Å². The highest BCUT2D eigenvalue weighted by Crippen LogP contribution is 2.34. The van der Waals surface area contributed by atoms with Crippen LogP contribution in [0.3, 0.4) is 0 Å². The van der Waals surface area contributed by atoms with Crippen LogP contribution >= 0.6 is 0 Å². The summed E-state index contributed by atoms with van der Waals surface area (Å²) >= 11 is 0. The zero-order valence-corrected chi connectivity index (χ0v) is 26.7. The van der Waals surface area contributed by atoms with E-state index in [1.54, 1.807) is 46.8 Å². The molecule has 12 nitrogen and oxygen atoms in total. The lowest BCUT2D eigenvalue weighted by Crippen LogP contribution is -2.61. The van der Waals surface area contributed by atoms with E-state index in [1.807, 2.05) is 37.3 Å². The van der Waals surface area contributed by atoms with Crippen molar-refractivity contribution >= 4 is 40.7 Å². The van der Waals surface area contributed by atoms with Gasteiger partial charge in [-0.25, -0.2) is 5.43 Å². The SMILES string of the molecule is CC1NC(=O)C(C(C)C)OC(=O)C2(C=Cc3ccc4ccc(nc4c3)C(C)NC(=O)C3CCCN(N3)C1=O)COC(C)(C)OC2. The summed E-state index contributed by atoms with van der Waals surface area (Å²) in [5.41, 5.74) is 3.87. The molecule has 0 saturated carbocycles. The van der Waals surface area contributed by atoms with Crippen LogP contribution in [0.2, 0.25) is 0 Å². The Morgan fingerprint density at radius 2 is 1.64 bits per heavy atom. The predicted octanol–water partition coefficient (Wildman–Crippen LogP) is 2.78. The highest BCUT2D eigenvalue weighted by atomic mass is 16.7. The Hall–Kier alpha value is -3.87. The van der Waals surface area contributed by atoms with Crippen LogP contribution in [-0.4, -0.2) is 77.4 Å². The summed E-state index contributed by atoms with van der Waals surface area (Å²) in [4.78, 5) is 58.8. The minimum Gasteiger partial charge on any atom is -0.451 e. The van der Waals surface area contributed by atoms with Crippen LogP contribution in [0.4, 0.5) is 0 Å². The van der Waals surface area contributed by atoms with Crippen molar-refractivity contribution in [2.24, 2.45) is 11.3 Å². The van der Waals surface area contributed by atoms with Gasteiger partial charge < -0.3 is 24.8 Å². The van der Waals surface area contributed by atoms with E-state index in [-0.39, 0.29) is 19.1 Å². The fourth-order valence-electron chi connectivity index (χ4n) is 5.56. The monoisotopic (exact) mass is 621 g/mol. The Balaban J connectivity index is 1.54. The number of aromatic nitrogens is 1. The number of ether oxygens (including phenoxy) is 3. The lowest BCUT2D eigenvalue weighted by atomic mass is 9.87. The van der Waals surface area contributed by atoms with Gasteiger partial charge in [0.05, 0.1) is 30.5 Å². The van der Waals surface area contributed by atoms with Gasteiger partial charge in [-0.05, 0) is 64.2 Å². The van der Waals surface area contributed by atoms with Gasteiger partial charge in [0.15, 0.2) is 11.9 Å². The van der Waals surface area contributed by atoms with Crippen molar-refractivity contribution in [3.05, 3.63) is 47.7 Å². The first-order valence-electron chi connectivity index (χ1n) is 15.5. The standard InChI is InChI=1S/C33H43N5O7/c1-19(2)27-29(40)35-21(4)30(41)38-15-7-8-25(37-38)28(39)34-20(3)24-12-11-23-10-9-22(16-26(23)36-24)13-14-33(31(42)45-27)17-43-32(5,6)44-18-33/h9-14,16,19-21,25,27,37H,7-8,15,17-18H2,1-6H3,(H,34,39)(H,35,40). The molecule has 4 atom stereocenters.